The first-order valence-electron chi connectivity index (χ1n) is 10.8. The van der Waals surface area contributed by atoms with Gasteiger partial charge in [0.1, 0.15) is 18.2 Å². The van der Waals surface area contributed by atoms with Crippen LogP contribution < -0.4 is 4.90 Å². The predicted molar refractivity (Wildman–Crippen MR) is 122 cm³/mol. The monoisotopic (exact) mass is 442 g/mol. The summed E-state index contributed by atoms with van der Waals surface area (Å²) in [4.78, 5) is 6.08. The molecule has 0 unspecified atom stereocenters. The standard InChI is InChI=1S/C24H23FN8/c1-31-15-28-29-24(31)16-7-11-33(12-8-16)23-18(17-3-6-22(25)27-14-17)4-5-19(20(23)13-26)21-9-10-32(2)30-21/h3-6,9-10,14-16H,7-8,11-12H2,1-2H3. The van der Waals surface area contributed by atoms with E-state index in [1.54, 1.807) is 17.1 Å². The van der Waals surface area contributed by atoms with Crippen LogP contribution in [0.4, 0.5) is 10.1 Å². The van der Waals surface area contributed by atoms with Gasteiger partial charge in [-0.05, 0) is 31.0 Å². The third kappa shape index (κ3) is 3.84. The van der Waals surface area contributed by atoms with Crippen molar-refractivity contribution in [2.24, 2.45) is 14.1 Å². The van der Waals surface area contributed by atoms with E-state index in [9.17, 15) is 9.65 Å². The molecule has 4 aromatic rings. The highest BCUT2D eigenvalue weighted by Gasteiger charge is 2.28. The summed E-state index contributed by atoms with van der Waals surface area (Å²) >= 11 is 0. The molecule has 166 valence electrons. The molecule has 1 saturated heterocycles. The molecular formula is C24H23FN8. The molecule has 0 spiro atoms. The number of aromatic nitrogens is 6. The Balaban J connectivity index is 1.58. The van der Waals surface area contributed by atoms with Crippen LogP contribution in [-0.2, 0) is 14.1 Å². The van der Waals surface area contributed by atoms with Gasteiger partial charge in [0.25, 0.3) is 0 Å². The van der Waals surface area contributed by atoms with Gasteiger partial charge < -0.3 is 9.47 Å². The lowest BCUT2D eigenvalue weighted by Gasteiger charge is -2.35. The number of hydrogen-bond donors (Lipinski definition) is 0. The van der Waals surface area contributed by atoms with Crippen LogP contribution in [0, 0.1) is 17.3 Å². The smallest absolute Gasteiger partial charge is 0.212 e. The minimum atomic E-state index is -0.532. The van der Waals surface area contributed by atoms with Gasteiger partial charge in [0.05, 0.1) is 16.9 Å². The van der Waals surface area contributed by atoms with Crippen LogP contribution in [0.15, 0.2) is 49.1 Å². The maximum absolute atomic E-state index is 13.5. The summed E-state index contributed by atoms with van der Waals surface area (Å²) in [7, 11) is 3.82. The number of pyridine rings is 1. The number of rotatable bonds is 4. The number of anilines is 1. The second-order valence-electron chi connectivity index (χ2n) is 8.30. The molecule has 0 amide bonds. The molecule has 0 N–H and O–H groups in total. The summed E-state index contributed by atoms with van der Waals surface area (Å²) in [6.07, 6.45) is 6.90. The van der Waals surface area contributed by atoms with Gasteiger partial charge in [0, 0.05) is 62.2 Å². The van der Waals surface area contributed by atoms with Crippen LogP contribution >= 0.6 is 0 Å². The summed E-state index contributed by atoms with van der Waals surface area (Å²) in [5.41, 5.74) is 4.55. The highest BCUT2D eigenvalue weighted by Crippen LogP contribution is 2.41. The van der Waals surface area contributed by atoms with Crippen molar-refractivity contribution in [3.8, 4) is 28.5 Å². The SMILES string of the molecule is Cn1ccc(-c2ccc(-c3ccc(F)nc3)c(N3CCC(c4nncn4C)CC3)c2C#N)n1. The zero-order valence-corrected chi connectivity index (χ0v) is 18.5. The summed E-state index contributed by atoms with van der Waals surface area (Å²) in [6.45, 7) is 1.53. The van der Waals surface area contributed by atoms with E-state index >= 15 is 0 Å². The molecule has 1 aliphatic rings. The summed E-state index contributed by atoms with van der Waals surface area (Å²) < 4.78 is 17.2. The molecular weight excluding hydrogens is 419 g/mol. The van der Waals surface area contributed by atoms with Crippen LogP contribution in [0.25, 0.3) is 22.4 Å². The van der Waals surface area contributed by atoms with Crippen molar-refractivity contribution in [3.63, 3.8) is 0 Å². The first-order valence-corrected chi connectivity index (χ1v) is 10.8. The van der Waals surface area contributed by atoms with Gasteiger partial charge in [0.2, 0.25) is 5.95 Å². The highest BCUT2D eigenvalue weighted by atomic mass is 19.1. The fourth-order valence-corrected chi connectivity index (χ4v) is 4.60. The van der Waals surface area contributed by atoms with Gasteiger partial charge in [-0.25, -0.2) is 4.98 Å². The minimum Gasteiger partial charge on any atom is -0.370 e. The van der Waals surface area contributed by atoms with E-state index in [0.717, 1.165) is 59.8 Å². The lowest BCUT2D eigenvalue weighted by Crippen LogP contribution is -2.34. The van der Waals surface area contributed by atoms with Crippen LogP contribution in [0.2, 0.25) is 0 Å². The van der Waals surface area contributed by atoms with Crippen LogP contribution in [0.1, 0.15) is 30.1 Å². The Morgan fingerprint density at radius 1 is 1.06 bits per heavy atom. The topological polar surface area (TPSA) is 88.5 Å². The molecule has 9 heteroatoms. The Morgan fingerprint density at radius 3 is 2.45 bits per heavy atom. The Bertz CT molecular complexity index is 1320. The Kier molecular flexibility index (Phi) is 5.34. The van der Waals surface area contributed by atoms with Gasteiger partial charge in [0.15, 0.2) is 0 Å². The van der Waals surface area contributed by atoms with E-state index in [1.165, 1.54) is 12.3 Å². The van der Waals surface area contributed by atoms with Crippen LogP contribution in [0.5, 0.6) is 0 Å². The fourth-order valence-electron chi connectivity index (χ4n) is 4.60. The van der Waals surface area contributed by atoms with Crippen molar-refractivity contribution in [2.75, 3.05) is 18.0 Å². The quantitative estimate of drug-likeness (QED) is 0.448. The number of nitriles is 1. The average Bonchev–Trinajstić information content (AvgIpc) is 3.47. The number of nitrogens with zero attached hydrogens (tertiary/aromatic N) is 8. The number of benzene rings is 1. The van der Waals surface area contributed by atoms with E-state index < -0.39 is 5.95 Å². The number of piperidine rings is 1. The van der Waals surface area contributed by atoms with E-state index in [-0.39, 0.29) is 0 Å². The second kappa shape index (κ2) is 8.47. The van der Waals surface area contributed by atoms with Crippen LogP contribution in [0.3, 0.4) is 0 Å². The molecule has 1 aliphatic heterocycles. The molecule has 4 heterocycles. The van der Waals surface area contributed by atoms with Gasteiger partial charge in [-0.1, -0.05) is 12.1 Å². The average molecular weight is 443 g/mol. The number of hydrogen-bond acceptors (Lipinski definition) is 6. The molecule has 5 rings (SSSR count). The maximum atomic E-state index is 13.5. The first-order chi connectivity index (χ1) is 16.0. The zero-order chi connectivity index (χ0) is 22.9. The Morgan fingerprint density at radius 2 is 1.85 bits per heavy atom. The van der Waals surface area contributed by atoms with Crippen LogP contribution in [-0.4, -0.2) is 42.6 Å². The molecule has 0 aliphatic carbocycles. The molecule has 0 bridgehead atoms. The molecule has 1 aromatic carbocycles. The largest absolute Gasteiger partial charge is 0.370 e. The Labute approximate surface area is 190 Å². The van der Waals surface area contributed by atoms with Crippen molar-refractivity contribution in [2.45, 2.75) is 18.8 Å². The molecule has 0 atom stereocenters. The number of aryl methyl sites for hydroxylation is 2. The first kappa shape index (κ1) is 20.8. The third-order valence-electron chi connectivity index (χ3n) is 6.24. The lowest BCUT2D eigenvalue weighted by molar-refractivity contribution is 0.474. The van der Waals surface area contributed by atoms with Crippen molar-refractivity contribution in [1.29, 1.82) is 5.26 Å². The van der Waals surface area contributed by atoms with Gasteiger partial charge in [-0.15, -0.1) is 10.2 Å². The third-order valence-corrected chi connectivity index (χ3v) is 6.24. The molecule has 0 radical (unpaired) electrons. The normalized spacial score (nSPS) is 14.4. The second-order valence-corrected chi connectivity index (χ2v) is 8.30. The van der Waals surface area contributed by atoms with E-state index in [0.29, 0.717) is 11.5 Å². The van der Waals surface area contributed by atoms with Crippen molar-refractivity contribution in [3.05, 3.63) is 66.4 Å². The lowest BCUT2D eigenvalue weighted by atomic mass is 9.91. The maximum Gasteiger partial charge on any atom is 0.212 e. The van der Waals surface area contributed by atoms with E-state index in [1.807, 2.05) is 43.1 Å². The summed E-state index contributed by atoms with van der Waals surface area (Å²) in [5, 5.41) is 23.1. The number of halogens is 1. The van der Waals surface area contributed by atoms with Gasteiger partial charge in [-0.3, -0.25) is 4.68 Å². The predicted octanol–water partition coefficient (Wildman–Crippen LogP) is 3.67. The Hall–Kier alpha value is -4.06. The van der Waals surface area contributed by atoms with Crippen molar-refractivity contribution in [1.82, 2.24) is 29.5 Å². The summed E-state index contributed by atoms with van der Waals surface area (Å²) in [6, 6.07) is 11.3. The van der Waals surface area contributed by atoms with Crippen molar-refractivity contribution >= 4 is 5.69 Å². The van der Waals surface area contributed by atoms with Gasteiger partial charge in [-0.2, -0.15) is 14.8 Å². The molecule has 33 heavy (non-hydrogen) atoms. The molecule has 8 nitrogen and oxygen atoms in total. The molecule has 1 fully saturated rings. The minimum absolute atomic E-state index is 0.314. The zero-order valence-electron chi connectivity index (χ0n) is 18.5. The van der Waals surface area contributed by atoms with Gasteiger partial charge >= 0.3 is 0 Å². The molecule has 3 aromatic heterocycles. The van der Waals surface area contributed by atoms with E-state index in [4.69, 9.17) is 0 Å². The molecule has 0 saturated carbocycles. The van der Waals surface area contributed by atoms with Crippen molar-refractivity contribution < 1.29 is 4.39 Å². The summed E-state index contributed by atoms with van der Waals surface area (Å²) in [5.74, 6) is 0.768. The fraction of sp³-hybridized carbons (Fsp3) is 0.292. The highest BCUT2D eigenvalue weighted by molar-refractivity contribution is 5.89. The van der Waals surface area contributed by atoms with E-state index in [2.05, 4.69) is 31.2 Å².